The Kier molecular flexibility index (Phi) is 4.56. The predicted octanol–water partition coefficient (Wildman–Crippen LogP) is 3.43. The molecule has 0 atom stereocenters. The summed E-state index contributed by atoms with van der Waals surface area (Å²) in [5.41, 5.74) is 1.84. The van der Waals surface area contributed by atoms with Gasteiger partial charge < -0.3 is 4.74 Å². The topological polar surface area (TPSA) is 26.3 Å². The van der Waals surface area contributed by atoms with Gasteiger partial charge in [-0.25, -0.2) is 0 Å². The van der Waals surface area contributed by atoms with Gasteiger partial charge in [0.1, 0.15) is 18.1 Å². The number of Topliss-reactive ketones (excluding diaryl/α,β-unsaturated/α-hetero) is 1. The van der Waals surface area contributed by atoms with Crippen LogP contribution in [0.3, 0.4) is 0 Å². The van der Waals surface area contributed by atoms with Crippen molar-refractivity contribution in [2.45, 2.75) is 20.3 Å². The largest absolute Gasteiger partial charge is 0.488 e. The van der Waals surface area contributed by atoms with E-state index >= 15 is 0 Å². The number of ether oxygens (including phenoxy) is 1. The molecule has 0 amide bonds. The van der Waals surface area contributed by atoms with Crippen LogP contribution in [0.25, 0.3) is 0 Å². The van der Waals surface area contributed by atoms with E-state index in [1.165, 1.54) is 0 Å². The standard InChI is InChI=1S/C13H15ClO2/c1-9(2)8-16-13-5-4-11(6-10(3)15)7-12(13)14/h4-5,7H,1,6,8H2,2-3H3. The van der Waals surface area contributed by atoms with Crippen LogP contribution in [0.5, 0.6) is 5.75 Å². The van der Waals surface area contributed by atoms with Gasteiger partial charge in [-0.15, -0.1) is 0 Å². The van der Waals surface area contributed by atoms with E-state index in [-0.39, 0.29) is 5.78 Å². The van der Waals surface area contributed by atoms with Crippen molar-refractivity contribution in [2.24, 2.45) is 0 Å². The fraction of sp³-hybridized carbons (Fsp3) is 0.308. The molecule has 0 aliphatic heterocycles. The van der Waals surface area contributed by atoms with Crippen LogP contribution in [0, 0.1) is 0 Å². The van der Waals surface area contributed by atoms with Crippen LogP contribution in [-0.2, 0) is 11.2 Å². The molecule has 0 unspecified atom stereocenters. The molecule has 0 saturated carbocycles. The summed E-state index contributed by atoms with van der Waals surface area (Å²) in [4.78, 5) is 10.9. The van der Waals surface area contributed by atoms with Gasteiger partial charge in [-0.3, -0.25) is 4.79 Å². The van der Waals surface area contributed by atoms with Crippen molar-refractivity contribution >= 4 is 17.4 Å². The smallest absolute Gasteiger partial charge is 0.138 e. The van der Waals surface area contributed by atoms with E-state index in [2.05, 4.69) is 6.58 Å². The Balaban J connectivity index is 2.75. The Morgan fingerprint density at radius 3 is 2.62 bits per heavy atom. The third kappa shape index (κ3) is 4.07. The van der Waals surface area contributed by atoms with Crippen LogP contribution in [0.2, 0.25) is 5.02 Å². The molecular formula is C13H15ClO2. The summed E-state index contributed by atoms with van der Waals surface area (Å²) in [7, 11) is 0. The summed E-state index contributed by atoms with van der Waals surface area (Å²) in [6.07, 6.45) is 0.403. The SMILES string of the molecule is C=C(C)COc1ccc(CC(C)=O)cc1Cl. The Labute approximate surface area is 101 Å². The second-order valence-corrected chi connectivity index (χ2v) is 4.30. The van der Waals surface area contributed by atoms with E-state index in [4.69, 9.17) is 16.3 Å². The van der Waals surface area contributed by atoms with Crippen molar-refractivity contribution in [3.63, 3.8) is 0 Å². The molecule has 0 saturated heterocycles. The summed E-state index contributed by atoms with van der Waals surface area (Å²) in [6, 6.07) is 5.39. The molecule has 0 aliphatic carbocycles. The van der Waals surface area contributed by atoms with E-state index in [0.717, 1.165) is 11.1 Å². The van der Waals surface area contributed by atoms with E-state index < -0.39 is 0 Å². The van der Waals surface area contributed by atoms with Crippen LogP contribution in [0.4, 0.5) is 0 Å². The van der Waals surface area contributed by atoms with Crippen molar-refractivity contribution in [3.05, 3.63) is 40.9 Å². The van der Waals surface area contributed by atoms with Gasteiger partial charge in [0.2, 0.25) is 0 Å². The lowest BCUT2D eigenvalue weighted by Crippen LogP contribution is -2.00. The third-order valence-electron chi connectivity index (χ3n) is 1.92. The second kappa shape index (κ2) is 5.71. The lowest BCUT2D eigenvalue weighted by atomic mass is 10.1. The maximum absolute atomic E-state index is 10.9. The first-order chi connectivity index (χ1) is 7.49. The first kappa shape index (κ1) is 12.8. The Hall–Kier alpha value is -1.28. The zero-order valence-corrected chi connectivity index (χ0v) is 10.3. The molecule has 0 aliphatic rings. The number of ketones is 1. The first-order valence-electron chi connectivity index (χ1n) is 5.04. The molecule has 86 valence electrons. The Morgan fingerprint density at radius 2 is 2.12 bits per heavy atom. The molecule has 0 radical (unpaired) electrons. The molecule has 2 nitrogen and oxygen atoms in total. The van der Waals surface area contributed by atoms with E-state index in [0.29, 0.717) is 23.8 Å². The van der Waals surface area contributed by atoms with E-state index in [9.17, 15) is 4.79 Å². The van der Waals surface area contributed by atoms with Gasteiger partial charge in [0.15, 0.2) is 0 Å². The normalized spacial score (nSPS) is 9.94. The number of benzene rings is 1. The van der Waals surface area contributed by atoms with Gasteiger partial charge in [0.25, 0.3) is 0 Å². The lowest BCUT2D eigenvalue weighted by molar-refractivity contribution is -0.116. The molecular weight excluding hydrogens is 224 g/mol. The van der Waals surface area contributed by atoms with Gasteiger partial charge >= 0.3 is 0 Å². The van der Waals surface area contributed by atoms with E-state index in [1.54, 1.807) is 19.1 Å². The molecule has 0 aromatic heterocycles. The van der Waals surface area contributed by atoms with Crippen molar-refractivity contribution in [2.75, 3.05) is 6.61 Å². The molecule has 0 fully saturated rings. The molecule has 0 N–H and O–H groups in total. The molecule has 0 bridgehead atoms. The van der Waals surface area contributed by atoms with Crippen molar-refractivity contribution < 1.29 is 9.53 Å². The van der Waals surface area contributed by atoms with Crippen LogP contribution in [0.1, 0.15) is 19.4 Å². The average molecular weight is 239 g/mol. The number of rotatable bonds is 5. The van der Waals surface area contributed by atoms with Crippen molar-refractivity contribution in [1.29, 1.82) is 0 Å². The maximum atomic E-state index is 10.9. The monoisotopic (exact) mass is 238 g/mol. The Bertz CT molecular complexity index is 410. The van der Waals surface area contributed by atoms with Crippen LogP contribution < -0.4 is 4.74 Å². The van der Waals surface area contributed by atoms with Gasteiger partial charge in [0.05, 0.1) is 5.02 Å². The molecule has 16 heavy (non-hydrogen) atoms. The van der Waals surface area contributed by atoms with Crippen LogP contribution in [0.15, 0.2) is 30.4 Å². The Morgan fingerprint density at radius 1 is 1.44 bits per heavy atom. The molecule has 1 aromatic rings. The minimum atomic E-state index is 0.117. The predicted molar refractivity (Wildman–Crippen MR) is 66.1 cm³/mol. The highest BCUT2D eigenvalue weighted by Crippen LogP contribution is 2.26. The fourth-order valence-corrected chi connectivity index (χ4v) is 1.52. The summed E-state index contributed by atoms with van der Waals surface area (Å²) in [5.74, 6) is 0.739. The summed E-state index contributed by atoms with van der Waals surface area (Å²) >= 11 is 6.03. The van der Waals surface area contributed by atoms with Crippen molar-refractivity contribution in [3.8, 4) is 5.75 Å². The van der Waals surface area contributed by atoms with Crippen LogP contribution >= 0.6 is 11.6 Å². The molecule has 3 heteroatoms. The average Bonchev–Trinajstić information content (AvgIpc) is 2.15. The van der Waals surface area contributed by atoms with Gasteiger partial charge in [0, 0.05) is 6.42 Å². The molecule has 0 spiro atoms. The number of halogens is 1. The number of hydrogen-bond acceptors (Lipinski definition) is 2. The van der Waals surface area contributed by atoms with Crippen molar-refractivity contribution in [1.82, 2.24) is 0 Å². The van der Waals surface area contributed by atoms with Crippen LogP contribution in [-0.4, -0.2) is 12.4 Å². The summed E-state index contributed by atoms with van der Waals surface area (Å²) in [6.45, 7) is 7.64. The lowest BCUT2D eigenvalue weighted by Gasteiger charge is -2.08. The molecule has 1 rings (SSSR count). The minimum absolute atomic E-state index is 0.117. The highest BCUT2D eigenvalue weighted by Gasteiger charge is 2.04. The highest BCUT2D eigenvalue weighted by molar-refractivity contribution is 6.32. The highest BCUT2D eigenvalue weighted by atomic mass is 35.5. The zero-order chi connectivity index (χ0) is 12.1. The van der Waals surface area contributed by atoms with E-state index in [1.807, 2.05) is 13.0 Å². The number of carbonyl (C=O) groups is 1. The molecule has 1 aromatic carbocycles. The minimum Gasteiger partial charge on any atom is -0.488 e. The first-order valence-corrected chi connectivity index (χ1v) is 5.42. The molecule has 0 heterocycles. The maximum Gasteiger partial charge on any atom is 0.138 e. The quantitative estimate of drug-likeness (QED) is 0.735. The fourth-order valence-electron chi connectivity index (χ4n) is 1.26. The second-order valence-electron chi connectivity index (χ2n) is 3.89. The van der Waals surface area contributed by atoms with Gasteiger partial charge in [-0.1, -0.05) is 24.2 Å². The number of hydrogen-bond donors (Lipinski definition) is 0. The summed E-state index contributed by atoms with van der Waals surface area (Å²) < 4.78 is 5.44. The van der Waals surface area contributed by atoms with Gasteiger partial charge in [-0.2, -0.15) is 0 Å². The summed E-state index contributed by atoms with van der Waals surface area (Å²) in [5, 5.41) is 0.528. The number of carbonyl (C=O) groups excluding carboxylic acids is 1. The third-order valence-corrected chi connectivity index (χ3v) is 2.22. The zero-order valence-electron chi connectivity index (χ0n) is 9.55. The van der Waals surface area contributed by atoms with Gasteiger partial charge in [-0.05, 0) is 37.1 Å².